The number of piperidine rings is 2. The van der Waals surface area contributed by atoms with Crippen LogP contribution in [0.25, 0.3) is 0 Å². The van der Waals surface area contributed by atoms with Crippen LogP contribution in [0.2, 0.25) is 10.0 Å². The van der Waals surface area contributed by atoms with E-state index in [1.165, 1.54) is 39.4 Å². The molecule has 0 saturated carbocycles. The highest BCUT2D eigenvalue weighted by molar-refractivity contribution is 8.00. The summed E-state index contributed by atoms with van der Waals surface area (Å²) in [6.07, 6.45) is 2.54. The van der Waals surface area contributed by atoms with Gasteiger partial charge in [0, 0.05) is 85.5 Å². The van der Waals surface area contributed by atoms with Crippen molar-refractivity contribution in [3.63, 3.8) is 0 Å². The van der Waals surface area contributed by atoms with Gasteiger partial charge in [0.1, 0.15) is 8.42 Å². The summed E-state index contributed by atoms with van der Waals surface area (Å²) < 4.78 is 93.9. The molecule has 0 radical (unpaired) electrons. The molecule has 372 valence electrons. The SMILES string of the molecule is Cc1cccc(NC2CCN(S(=O)(=O)c3ccc(CNC(=O)c4ccc(Cl)cc4)s3)CC2)c1.O=C(NCc1ccc(S(=O)(=O)N2CCC(Nc3cccc(SC(F)(F)F)c3)CC2)s1)c1ccc(Cl)cc1. The molecule has 2 saturated heterocycles. The first-order chi connectivity index (χ1) is 33.3. The quantitative estimate of drug-likeness (QED) is 0.0735. The number of sulfonamides is 2. The standard InChI is InChI=1S/C24H23ClF3N3O3S3.C24H26ClN3O3S2/c25-17-6-4-16(5-7-17)23(32)29-15-21-8-9-22(35-21)37(33,34)31-12-10-18(11-13-31)30-19-2-1-3-20(14-19)36-24(26,27)28;1-17-3-2-4-21(15-17)27-20-11-13-28(14-12-20)33(30,31)23-10-9-22(32-23)16-26-24(29)18-5-7-19(25)8-6-18/h1-9,14,18,30H,10-13,15H2,(H,29,32);2-10,15,20,27H,11-14,16H2,1H3,(H,26,29). The molecule has 0 unspecified atom stereocenters. The van der Waals surface area contributed by atoms with E-state index in [4.69, 9.17) is 23.2 Å². The molecule has 0 atom stereocenters. The lowest BCUT2D eigenvalue weighted by atomic mass is 10.1. The average Bonchev–Trinajstić information content (AvgIpc) is 4.03. The van der Waals surface area contributed by atoms with E-state index in [2.05, 4.69) is 40.3 Å². The van der Waals surface area contributed by atoms with Gasteiger partial charge in [-0.25, -0.2) is 16.8 Å². The van der Waals surface area contributed by atoms with Crippen LogP contribution in [0.15, 0.2) is 135 Å². The third-order valence-electron chi connectivity index (χ3n) is 11.3. The number of hydrogen-bond donors (Lipinski definition) is 4. The number of thiophene rings is 2. The van der Waals surface area contributed by atoms with Crippen molar-refractivity contribution in [3.05, 3.63) is 158 Å². The van der Waals surface area contributed by atoms with Crippen LogP contribution in [0.4, 0.5) is 24.5 Å². The Bertz CT molecular complexity index is 2960. The minimum Gasteiger partial charge on any atom is -0.382 e. The average molecular weight is 1090 g/mol. The lowest BCUT2D eigenvalue weighted by Gasteiger charge is -2.31. The van der Waals surface area contributed by atoms with Gasteiger partial charge in [-0.15, -0.1) is 22.7 Å². The summed E-state index contributed by atoms with van der Waals surface area (Å²) in [6, 6.07) is 34.2. The van der Waals surface area contributed by atoms with Crippen LogP contribution in [0.5, 0.6) is 0 Å². The number of nitrogens with one attached hydrogen (secondary N) is 4. The third kappa shape index (κ3) is 15.0. The molecule has 22 heteroatoms. The van der Waals surface area contributed by atoms with Gasteiger partial charge in [0.2, 0.25) is 0 Å². The smallest absolute Gasteiger partial charge is 0.382 e. The molecule has 12 nitrogen and oxygen atoms in total. The number of rotatable bonds is 15. The molecule has 2 fully saturated rings. The Morgan fingerprint density at radius 2 is 1.03 bits per heavy atom. The van der Waals surface area contributed by atoms with E-state index in [1.54, 1.807) is 83.2 Å². The fraction of sp³-hybridized carbons (Fsp3) is 0.292. The van der Waals surface area contributed by atoms with Crippen LogP contribution >= 0.6 is 57.6 Å². The fourth-order valence-corrected chi connectivity index (χ4v) is 14.3. The van der Waals surface area contributed by atoms with Gasteiger partial charge in [0.05, 0.1) is 13.1 Å². The molecule has 0 aliphatic carbocycles. The number of amides is 2. The van der Waals surface area contributed by atoms with Gasteiger partial charge in [0.25, 0.3) is 31.9 Å². The maximum absolute atomic E-state index is 13.1. The van der Waals surface area contributed by atoms with Gasteiger partial charge in [-0.1, -0.05) is 41.4 Å². The molecule has 0 spiro atoms. The lowest BCUT2D eigenvalue weighted by molar-refractivity contribution is -0.0328. The van der Waals surface area contributed by atoms with E-state index in [-0.39, 0.29) is 70.9 Å². The predicted molar refractivity (Wildman–Crippen MR) is 274 cm³/mol. The molecule has 4 N–H and O–H groups in total. The molecular weight excluding hydrogens is 1040 g/mol. The number of benzene rings is 4. The number of alkyl halides is 3. The Morgan fingerprint density at radius 1 is 0.614 bits per heavy atom. The van der Waals surface area contributed by atoms with Crippen LogP contribution in [0.3, 0.4) is 0 Å². The van der Waals surface area contributed by atoms with Crippen LogP contribution in [0, 0.1) is 6.92 Å². The van der Waals surface area contributed by atoms with Crippen molar-refractivity contribution in [2.24, 2.45) is 0 Å². The molecule has 2 aromatic heterocycles. The summed E-state index contributed by atoms with van der Waals surface area (Å²) in [6.45, 7) is 4.05. The molecule has 70 heavy (non-hydrogen) atoms. The maximum Gasteiger partial charge on any atom is 0.446 e. The van der Waals surface area contributed by atoms with Crippen LogP contribution in [0.1, 0.15) is 61.7 Å². The van der Waals surface area contributed by atoms with Crippen molar-refractivity contribution in [1.29, 1.82) is 0 Å². The van der Waals surface area contributed by atoms with Gasteiger partial charge in [-0.2, -0.15) is 21.8 Å². The van der Waals surface area contributed by atoms with Gasteiger partial charge < -0.3 is 21.3 Å². The topological polar surface area (TPSA) is 157 Å². The van der Waals surface area contributed by atoms with Gasteiger partial charge >= 0.3 is 5.51 Å². The first kappa shape index (κ1) is 53.2. The van der Waals surface area contributed by atoms with E-state index in [1.807, 2.05) is 12.1 Å². The Hall–Kier alpha value is -4.64. The highest BCUT2D eigenvalue weighted by Crippen LogP contribution is 2.38. The lowest BCUT2D eigenvalue weighted by Crippen LogP contribution is -2.42. The van der Waals surface area contributed by atoms with E-state index in [0.717, 1.165) is 34.7 Å². The van der Waals surface area contributed by atoms with Crippen molar-refractivity contribution in [2.45, 2.75) is 76.6 Å². The zero-order valence-corrected chi connectivity index (χ0v) is 43.1. The molecular formula is C48H49Cl2F3N6O6S5. The Morgan fingerprint density at radius 3 is 1.44 bits per heavy atom. The fourth-order valence-electron chi connectivity index (χ4n) is 7.65. The van der Waals surface area contributed by atoms with Crippen molar-refractivity contribution in [2.75, 3.05) is 36.8 Å². The number of halogens is 5. The number of carbonyl (C=O) groups excluding carboxylic acids is 2. The largest absolute Gasteiger partial charge is 0.446 e. The predicted octanol–water partition coefficient (Wildman–Crippen LogP) is 11.1. The van der Waals surface area contributed by atoms with E-state index >= 15 is 0 Å². The highest BCUT2D eigenvalue weighted by atomic mass is 35.5. The summed E-state index contributed by atoms with van der Waals surface area (Å²) in [5.74, 6) is -0.515. The highest BCUT2D eigenvalue weighted by Gasteiger charge is 2.33. The molecule has 6 aromatic rings. The molecule has 0 bridgehead atoms. The normalized spacial score (nSPS) is 15.4. The summed E-state index contributed by atoms with van der Waals surface area (Å²) >= 11 is 13.8. The molecule has 2 aliphatic heterocycles. The molecule has 2 amide bonds. The first-order valence-corrected chi connectivity index (χ1v) is 28.1. The number of thioether (sulfide) groups is 1. The number of aryl methyl sites for hydroxylation is 1. The second kappa shape index (κ2) is 23.7. The Labute approximate surface area is 428 Å². The van der Waals surface area contributed by atoms with Crippen molar-refractivity contribution in [3.8, 4) is 0 Å². The molecule has 8 rings (SSSR count). The van der Waals surface area contributed by atoms with Crippen molar-refractivity contribution >= 4 is 101 Å². The van der Waals surface area contributed by atoms with Crippen LogP contribution < -0.4 is 21.3 Å². The van der Waals surface area contributed by atoms with Crippen LogP contribution in [-0.4, -0.2) is 81.0 Å². The second-order valence-corrected chi connectivity index (χ2v) is 25.1. The van der Waals surface area contributed by atoms with E-state index < -0.39 is 25.6 Å². The maximum atomic E-state index is 13.1. The van der Waals surface area contributed by atoms with Crippen molar-refractivity contribution in [1.82, 2.24) is 19.2 Å². The summed E-state index contributed by atoms with van der Waals surface area (Å²) in [4.78, 5) is 26.1. The second-order valence-electron chi connectivity index (χ2n) is 16.4. The zero-order chi connectivity index (χ0) is 50.1. The number of anilines is 2. The molecule has 2 aliphatic rings. The minimum atomic E-state index is -4.36. The summed E-state index contributed by atoms with van der Waals surface area (Å²) in [7, 11) is -7.23. The van der Waals surface area contributed by atoms with Gasteiger partial charge in [-0.3, -0.25) is 9.59 Å². The monoisotopic (exact) mass is 1090 g/mol. The van der Waals surface area contributed by atoms with Gasteiger partial charge in [-0.05, 0) is 153 Å². The third-order valence-corrected chi connectivity index (χ3v) is 19.4. The van der Waals surface area contributed by atoms with E-state index in [9.17, 15) is 39.6 Å². The number of hydrogen-bond acceptors (Lipinski definition) is 11. The summed E-state index contributed by atoms with van der Waals surface area (Å²) in [5.41, 5.74) is -0.568. The summed E-state index contributed by atoms with van der Waals surface area (Å²) in [5, 5.41) is 13.4. The number of nitrogens with zero attached hydrogens (tertiary/aromatic N) is 2. The van der Waals surface area contributed by atoms with Crippen LogP contribution in [-0.2, 0) is 33.1 Å². The Kier molecular flexibility index (Phi) is 18.0. The first-order valence-electron chi connectivity index (χ1n) is 22.0. The van der Waals surface area contributed by atoms with Crippen molar-refractivity contribution < 1.29 is 39.6 Å². The van der Waals surface area contributed by atoms with E-state index in [0.29, 0.717) is 61.9 Å². The molecule has 4 aromatic carbocycles. The zero-order valence-electron chi connectivity index (χ0n) is 37.5. The Balaban J connectivity index is 0.000000208. The molecule has 4 heterocycles. The minimum absolute atomic E-state index is 0.0560. The number of carbonyl (C=O) groups is 2. The van der Waals surface area contributed by atoms with Gasteiger partial charge in [0.15, 0.2) is 0 Å².